The smallest absolute Gasteiger partial charge is 0.271 e. The molecule has 152 valence electrons. The maximum absolute atomic E-state index is 13.3. The van der Waals surface area contributed by atoms with Crippen LogP contribution in [0.3, 0.4) is 0 Å². The van der Waals surface area contributed by atoms with Crippen LogP contribution in [0.15, 0.2) is 47.8 Å². The molecule has 29 heavy (non-hydrogen) atoms. The lowest BCUT2D eigenvalue weighted by molar-refractivity contribution is 0.0374. The molecule has 0 radical (unpaired) electrons. The molecule has 1 aliphatic heterocycles. The molecule has 0 aliphatic carbocycles. The lowest BCUT2D eigenvalue weighted by atomic mass is 10.2. The first-order valence-corrected chi connectivity index (χ1v) is 10.6. The zero-order valence-corrected chi connectivity index (χ0v) is 16.8. The molecule has 1 saturated heterocycles. The predicted octanol–water partition coefficient (Wildman–Crippen LogP) is 3.19. The molecule has 1 amide bonds. The van der Waals surface area contributed by atoms with Gasteiger partial charge < -0.3 is 10.1 Å². The lowest BCUT2D eigenvalue weighted by Crippen LogP contribution is -2.38. The Labute approximate surface area is 172 Å². The minimum absolute atomic E-state index is 0.203. The van der Waals surface area contributed by atoms with Crippen molar-refractivity contribution in [1.82, 2.24) is 20.0 Å². The van der Waals surface area contributed by atoms with Gasteiger partial charge in [-0.2, -0.15) is 5.10 Å². The Morgan fingerprint density at radius 1 is 1.21 bits per heavy atom. The van der Waals surface area contributed by atoms with Gasteiger partial charge in [-0.1, -0.05) is 6.07 Å². The average Bonchev–Trinajstić information content (AvgIpc) is 3.42. The number of benzene rings is 1. The van der Waals surface area contributed by atoms with E-state index in [0.717, 1.165) is 49.8 Å². The van der Waals surface area contributed by atoms with Crippen molar-refractivity contribution in [3.63, 3.8) is 0 Å². The first-order chi connectivity index (χ1) is 14.2. The first-order valence-electron chi connectivity index (χ1n) is 9.69. The summed E-state index contributed by atoms with van der Waals surface area (Å²) in [5.74, 6) is -0.512. The summed E-state index contributed by atoms with van der Waals surface area (Å²) < 4.78 is 20.4. The van der Waals surface area contributed by atoms with Crippen LogP contribution in [0.2, 0.25) is 0 Å². The third kappa shape index (κ3) is 4.90. The molecule has 0 spiro atoms. The number of carbonyl (C=O) groups excluding carboxylic acids is 1. The third-order valence-corrected chi connectivity index (χ3v) is 5.72. The fraction of sp³-hybridized carbons (Fsp3) is 0.333. The van der Waals surface area contributed by atoms with E-state index in [0.29, 0.717) is 17.9 Å². The number of nitrogens with one attached hydrogen (secondary N) is 1. The van der Waals surface area contributed by atoms with Crippen molar-refractivity contribution in [3.8, 4) is 16.3 Å². The maximum atomic E-state index is 13.3. The van der Waals surface area contributed by atoms with E-state index in [9.17, 15) is 9.18 Å². The van der Waals surface area contributed by atoms with Crippen LogP contribution in [0, 0.1) is 5.82 Å². The highest BCUT2D eigenvalue weighted by Crippen LogP contribution is 2.28. The molecule has 1 aromatic carbocycles. The minimum Gasteiger partial charge on any atom is -0.379 e. The van der Waals surface area contributed by atoms with Gasteiger partial charge in [-0.25, -0.2) is 9.07 Å². The molecule has 8 heteroatoms. The van der Waals surface area contributed by atoms with Crippen LogP contribution in [0.25, 0.3) is 16.3 Å². The van der Waals surface area contributed by atoms with Gasteiger partial charge in [0.05, 0.1) is 29.5 Å². The standard InChI is InChI=1S/C21H23FN4O2S/c22-16-4-6-17(7-5-16)26-19(20-3-1-14-29-20)15-18(24-26)21(27)23-8-2-9-25-10-12-28-13-11-25/h1,3-7,14-15H,2,8-13H2,(H,23,27). The summed E-state index contributed by atoms with van der Waals surface area (Å²) in [6.07, 6.45) is 0.877. The van der Waals surface area contributed by atoms with Gasteiger partial charge in [0.1, 0.15) is 5.82 Å². The Morgan fingerprint density at radius 2 is 2.00 bits per heavy atom. The maximum Gasteiger partial charge on any atom is 0.271 e. The molecule has 0 bridgehead atoms. The molecule has 1 fully saturated rings. The van der Waals surface area contributed by atoms with Crippen molar-refractivity contribution in [2.75, 3.05) is 39.4 Å². The second-order valence-electron chi connectivity index (χ2n) is 6.84. The Hall–Kier alpha value is -2.55. The van der Waals surface area contributed by atoms with Gasteiger partial charge in [0.15, 0.2) is 5.69 Å². The van der Waals surface area contributed by atoms with Crippen LogP contribution in [0.5, 0.6) is 0 Å². The van der Waals surface area contributed by atoms with Crippen molar-refractivity contribution in [1.29, 1.82) is 0 Å². The fourth-order valence-electron chi connectivity index (χ4n) is 3.29. The van der Waals surface area contributed by atoms with E-state index >= 15 is 0 Å². The van der Waals surface area contributed by atoms with E-state index in [1.54, 1.807) is 34.2 Å². The van der Waals surface area contributed by atoms with Crippen molar-refractivity contribution in [2.45, 2.75) is 6.42 Å². The highest BCUT2D eigenvalue weighted by Gasteiger charge is 2.17. The molecule has 0 atom stereocenters. The molecule has 6 nitrogen and oxygen atoms in total. The van der Waals surface area contributed by atoms with E-state index in [1.165, 1.54) is 12.1 Å². The van der Waals surface area contributed by atoms with Gasteiger partial charge in [-0.3, -0.25) is 9.69 Å². The van der Waals surface area contributed by atoms with E-state index in [4.69, 9.17) is 4.74 Å². The zero-order chi connectivity index (χ0) is 20.1. The molecule has 2 aromatic heterocycles. The Bertz CT molecular complexity index is 934. The Morgan fingerprint density at radius 3 is 2.72 bits per heavy atom. The highest BCUT2D eigenvalue weighted by molar-refractivity contribution is 7.13. The van der Waals surface area contributed by atoms with Crippen LogP contribution in [-0.2, 0) is 4.74 Å². The summed E-state index contributed by atoms with van der Waals surface area (Å²) in [6.45, 7) is 4.97. The second kappa shape index (κ2) is 9.30. The lowest BCUT2D eigenvalue weighted by Gasteiger charge is -2.26. The molecule has 1 aliphatic rings. The summed E-state index contributed by atoms with van der Waals surface area (Å²) >= 11 is 1.57. The summed E-state index contributed by atoms with van der Waals surface area (Å²) in [6, 6.07) is 11.8. The monoisotopic (exact) mass is 414 g/mol. The molecule has 3 heterocycles. The number of morpholine rings is 1. The summed E-state index contributed by atoms with van der Waals surface area (Å²) in [4.78, 5) is 16.0. The SMILES string of the molecule is O=C(NCCCN1CCOCC1)c1cc(-c2cccs2)n(-c2ccc(F)cc2)n1. The molecular weight excluding hydrogens is 391 g/mol. The molecule has 0 saturated carbocycles. The third-order valence-electron chi connectivity index (χ3n) is 4.83. The van der Waals surface area contributed by atoms with Gasteiger partial charge in [0.25, 0.3) is 5.91 Å². The van der Waals surface area contributed by atoms with Crippen molar-refractivity contribution < 1.29 is 13.9 Å². The number of thiophene rings is 1. The van der Waals surface area contributed by atoms with Crippen LogP contribution >= 0.6 is 11.3 Å². The number of amides is 1. The topological polar surface area (TPSA) is 59.4 Å². The van der Waals surface area contributed by atoms with Crippen molar-refractivity contribution in [2.24, 2.45) is 0 Å². The minimum atomic E-state index is -0.309. The number of nitrogens with zero attached hydrogens (tertiary/aromatic N) is 3. The van der Waals surface area contributed by atoms with E-state index in [1.807, 2.05) is 17.5 Å². The molecule has 0 unspecified atom stereocenters. The molecular formula is C21H23FN4O2S. The Kier molecular flexibility index (Phi) is 6.33. The van der Waals surface area contributed by atoms with E-state index in [-0.39, 0.29) is 11.7 Å². The number of carbonyl (C=O) groups is 1. The zero-order valence-electron chi connectivity index (χ0n) is 16.0. The number of halogens is 1. The van der Waals surface area contributed by atoms with Crippen molar-refractivity contribution >= 4 is 17.2 Å². The summed E-state index contributed by atoms with van der Waals surface area (Å²) in [5.41, 5.74) is 1.87. The second-order valence-corrected chi connectivity index (χ2v) is 7.79. The largest absolute Gasteiger partial charge is 0.379 e. The van der Waals surface area contributed by atoms with E-state index in [2.05, 4.69) is 15.3 Å². The van der Waals surface area contributed by atoms with Gasteiger partial charge >= 0.3 is 0 Å². The molecule has 3 aromatic rings. The van der Waals surface area contributed by atoms with E-state index < -0.39 is 0 Å². The van der Waals surface area contributed by atoms with Crippen LogP contribution in [-0.4, -0.2) is 60.0 Å². The van der Waals surface area contributed by atoms with Crippen molar-refractivity contribution in [3.05, 3.63) is 59.4 Å². The first kappa shape index (κ1) is 19.8. The molecule has 4 rings (SSSR count). The number of rotatable bonds is 7. The fourth-order valence-corrected chi connectivity index (χ4v) is 4.02. The number of hydrogen-bond acceptors (Lipinski definition) is 5. The average molecular weight is 415 g/mol. The van der Waals surface area contributed by atoms with Crippen LogP contribution in [0.1, 0.15) is 16.9 Å². The summed E-state index contributed by atoms with van der Waals surface area (Å²) in [5, 5.41) is 9.43. The quantitative estimate of drug-likeness (QED) is 0.604. The van der Waals surface area contributed by atoms with Gasteiger partial charge in [0.2, 0.25) is 0 Å². The van der Waals surface area contributed by atoms with Crippen LogP contribution in [0.4, 0.5) is 4.39 Å². The van der Waals surface area contributed by atoms with Gasteiger partial charge in [-0.15, -0.1) is 11.3 Å². The van der Waals surface area contributed by atoms with Gasteiger partial charge in [0, 0.05) is 19.6 Å². The molecule has 1 N–H and O–H groups in total. The number of ether oxygens (including phenoxy) is 1. The highest BCUT2D eigenvalue weighted by atomic mass is 32.1. The number of hydrogen-bond donors (Lipinski definition) is 1. The number of aromatic nitrogens is 2. The Balaban J connectivity index is 1.45. The van der Waals surface area contributed by atoms with Crippen LogP contribution < -0.4 is 5.32 Å². The predicted molar refractivity (Wildman–Crippen MR) is 111 cm³/mol. The van der Waals surface area contributed by atoms with Gasteiger partial charge in [-0.05, 0) is 54.7 Å². The summed E-state index contributed by atoms with van der Waals surface area (Å²) in [7, 11) is 0. The normalized spacial score (nSPS) is 14.8.